The lowest BCUT2D eigenvalue weighted by atomic mass is 10.2. The monoisotopic (exact) mass is 366 g/mol. The molecule has 0 aromatic heterocycles. The lowest BCUT2D eigenvalue weighted by Crippen LogP contribution is -1.95. The highest BCUT2D eigenvalue weighted by atomic mass is 79.9. The molecule has 0 aromatic rings. The molecule has 0 bridgehead atoms. The maximum Gasteiger partial charge on any atom is 0.0706 e. The van der Waals surface area contributed by atoms with Gasteiger partial charge in [0.1, 0.15) is 0 Å². The topological polar surface area (TPSA) is 0 Å². The third-order valence-electron chi connectivity index (χ3n) is 3.40. The van der Waals surface area contributed by atoms with E-state index in [2.05, 4.69) is 57.6 Å². The molecular formula is C19H27BrS. The second-order valence-electron chi connectivity index (χ2n) is 5.32. The van der Waals surface area contributed by atoms with Gasteiger partial charge in [-0.25, -0.2) is 0 Å². The Kier molecular flexibility index (Phi) is 10.6. The molecule has 0 unspecified atom stereocenters. The number of hydrogen-bond acceptors (Lipinski definition) is 0. The van der Waals surface area contributed by atoms with Crippen molar-refractivity contribution in [3.05, 3.63) is 24.3 Å². The van der Waals surface area contributed by atoms with Crippen LogP contribution in [0.25, 0.3) is 0 Å². The van der Waals surface area contributed by atoms with E-state index >= 15 is 0 Å². The van der Waals surface area contributed by atoms with Crippen molar-refractivity contribution in [3.63, 3.8) is 0 Å². The third kappa shape index (κ3) is 9.89. The fourth-order valence-corrected chi connectivity index (χ4v) is 6.44. The van der Waals surface area contributed by atoms with E-state index in [1.165, 1.54) is 49.4 Å². The van der Waals surface area contributed by atoms with Crippen LogP contribution in [0.2, 0.25) is 0 Å². The van der Waals surface area contributed by atoms with Gasteiger partial charge in [-0.15, -0.1) is 5.92 Å². The summed E-state index contributed by atoms with van der Waals surface area (Å²) in [7, 11) is -0.481. The predicted molar refractivity (Wildman–Crippen MR) is 103 cm³/mol. The normalized spacial score (nSPS) is 18.2. The summed E-state index contributed by atoms with van der Waals surface area (Å²) >= 11 is 3.94. The van der Waals surface area contributed by atoms with Crippen molar-refractivity contribution in [3.8, 4) is 23.7 Å². The summed E-state index contributed by atoms with van der Waals surface area (Å²) in [6, 6.07) is 0. The molecule has 1 rings (SSSR count). The van der Waals surface area contributed by atoms with Gasteiger partial charge < -0.3 is 0 Å². The van der Waals surface area contributed by atoms with E-state index in [1.54, 1.807) is 0 Å². The summed E-state index contributed by atoms with van der Waals surface area (Å²) in [5.74, 6) is 16.4. The number of unbranched alkanes of at least 4 members (excludes halogenated alkanes) is 3. The van der Waals surface area contributed by atoms with Crippen LogP contribution in [0.3, 0.4) is 0 Å². The number of allylic oxidation sites excluding steroid dienone is 3. The molecule has 0 radical (unpaired) electrons. The molecule has 1 aliphatic heterocycles. The second-order valence-corrected chi connectivity index (χ2v) is 12.5. The Labute approximate surface area is 140 Å². The molecule has 0 nitrogen and oxygen atoms in total. The van der Waals surface area contributed by atoms with Crippen LogP contribution < -0.4 is 0 Å². The molecule has 0 atom stereocenters. The van der Waals surface area contributed by atoms with Crippen LogP contribution in [0.4, 0.5) is 0 Å². The standard InChI is InChI=1S/C19H27BrS/c1-2-3-4-5-6-7-8-9-10-11-12-13-14-17-21(20)18-15-16-19-21/h11-14H,2-5,8,15-19H2,1H3/b12-11+,14-13+. The van der Waals surface area contributed by atoms with Gasteiger partial charge in [0.2, 0.25) is 0 Å². The Bertz CT molecular complexity index is 447. The van der Waals surface area contributed by atoms with Gasteiger partial charge in [-0.3, -0.25) is 0 Å². The quantitative estimate of drug-likeness (QED) is 0.308. The van der Waals surface area contributed by atoms with Crippen molar-refractivity contribution in [1.29, 1.82) is 0 Å². The summed E-state index contributed by atoms with van der Waals surface area (Å²) in [4.78, 5) is 0. The maximum absolute atomic E-state index is 3.94. The molecule has 0 N–H and O–H groups in total. The molecular weight excluding hydrogens is 340 g/mol. The molecule has 0 saturated carbocycles. The Morgan fingerprint density at radius 2 is 1.86 bits per heavy atom. The van der Waals surface area contributed by atoms with E-state index in [0.29, 0.717) is 6.42 Å². The van der Waals surface area contributed by atoms with Crippen LogP contribution >= 0.6 is 23.3 Å². The van der Waals surface area contributed by atoms with Crippen molar-refractivity contribution >= 4 is 23.3 Å². The van der Waals surface area contributed by atoms with Crippen molar-refractivity contribution < 1.29 is 0 Å². The zero-order valence-electron chi connectivity index (χ0n) is 13.2. The van der Waals surface area contributed by atoms with E-state index in [-0.39, 0.29) is 0 Å². The Hall–Kier alpha value is -0.570. The minimum atomic E-state index is -0.481. The van der Waals surface area contributed by atoms with Crippen molar-refractivity contribution in [2.24, 2.45) is 0 Å². The van der Waals surface area contributed by atoms with Crippen LogP contribution in [0.15, 0.2) is 24.3 Å². The SMILES string of the molecule is CCCCCC#CCC#C/C=C/C=C/CS1(Br)CCCC1. The van der Waals surface area contributed by atoms with E-state index in [0.717, 1.165) is 6.42 Å². The molecule has 1 saturated heterocycles. The van der Waals surface area contributed by atoms with Crippen LogP contribution in [0, 0.1) is 23.7 Å². The molecule has 1 aliphatic rings. The first kappa shape index (κ1) is 18.5. The summed E-state index contributed by atoms with van der Waals surface area (Å²) < 4.78 is 0. The smallest absolute Gasteiger partial charge is 0.0706 e. The first-order valence-electron chi connectivity index (χ1n) is 7.99. The van der Waals surface area contributed by atoms with Crippen LogP contribution in [0.5, 0.6) is 0 Å². The maximum atomic E-state index is 3.94. The second kappa shape index (κ2) is 12.0. The predicted octanol–water partition coefficient (Wildman–Crippen LogP) is 5.98. The molecule has 0 amide bonds. The van der Waals surface area contributed by atoms with Crippen LogP contribution in [0.1, 0.15) is 51.9 Å². The number of hydrogen-bond donors (Lipinski definition) is 0. The Morgan fingerprint density at radius 1 is 1.05 bits per heavy atom. The lowest BCUT2D eigenvalue weighted by Gasteiger charge is -2.25. The minimum Gasteiger partial charge on any atom is -0.180 e. The first-order valence-corrected chi connectivity index (χ1v) is 12.0. The molecule has 1 fully saturated rings. The number of halogens is 1. The van der Waals surface area contributed by atoms with E-state index in [1.807, 2.05) is 12.2 Å². The fraction of sp³-hybridized carbons (Fsp3) is 0.579. The summed E-state index contributed by atoms with van der Waals surface area (Å²) in [5, 5.41) is 0. The summed E-state index contributed by atoms with van der Waals surface area (Å²) in [6.45, 7) is 2.21. The van der Waals surface area contributed by atoms with Crippen LogP contribution in [-0.4, -0.2) is 17.3 Å². The zero-order chi connectivity index (χ0) is 15.2. The van der Waals surface area contributed by atoms with Crippen molar-refractivity contribution in [2.45, 2.75) is 51.9 Å². The highest BCUT2D eigenvalue weighted by Gasteiger charge is 2.23. The van der Waals surface area contributed by atoms with E-state index < -0.39 is 8.46 Å². The average molecular weight is 367 g/mol. The lowest BCUT2D eigenvalue weighted by molar-refractivity contribution is 0.737. The van der Waals surface area contributed by atoms with Gasteiger partial charge in [0.15, 0.2) is 0 Å². The van der Waals surface area contributed by atoms with E-state index in [4.69, 9.17) is 0 Å². The largest absolute Gasteiger partial charge is 0.180 e. The van der Waals surface area contributed by atoms with E-state index in [9.17, 15) is 0 Å². The van der Waals surface area contributed by atoms with Gasteiger partial charge in [-0.1, -0.05) is 55.8 Å². The third-order valence-corrected chi connectivity index (χ3v) is 8.97. The van der Waals surface area contributed by atoms with Gasteiger partial charge in [0.05, 0.1) is 6.42 Å². The molecule has 2 heteroatoms. The highest BCUT2D eigenvalue weighted by Crippen LogP contribution is 2.60. The molecule has 116 valence electrons. The summed E-state index contributed by atoms with van der Waals surface area (Å²) in [6.07, 6.45) is 16.6. The first-order chi connectivity index (χ1) is 10.3. The van der Waals surface area contributed by atoms with Crippen molar-refractivity contribution in [2.75, 3.05) is 17.3 Å². The summed E-state index contributed by atoms with van der Waals surface area (Å²) in [5.41, 5.74) is 0. The zero-order valence-corrected chi connectivity index (χ0v) is 15.6. The highest BCUT2D eigenvalue weighted by molar-refractivity contribution is 9.58. The minimum absolute atomic E-state index is 0.481. The van der Waals surface area contributed by atoms with Gasteiger partial charge in [0.25, 0.3) is 0 Å². The molecule has 0 aromatic carbocycles. The molecule has 21 heavy (non-hydrogen) atoms. The Morgan fingerprint density at radius 3 is 2.62 bits per heavy atom. The van der Waals surface area contributed by atoms with Gasteiger partial charge in [-0.2, -0.15) is 8.46 Å². The van der Waals surface area contributed by atoms with Gasteiger partial charge >= 0.3 is 0 Å². The average Bonchev–Trinajstić information content (AvgIpc) is 2.91. The van der Waals surface area contributed by atoms with Crippen LogP contribution in [-0.2, 0) is 0 Å². The van der Waals surface area contributed by atoms with Gasteiger partial charge in [0, 0.05) is 12.2 Å². The molecule has 0 spiro atoms. The van der Waals surface area contributed by atoms with Gasteiger partial charge in [-0.05, 0) is 51.7 Å². The molecule has 1 heterocycles. The molecule has 0 aliphatic carbocycles. The Balaban J connectivity index is 2.10. The number of rotatable bonds is 6. The fourth-order valence-electron chi connectivity index (χ4n) is 2.17. The van der Waals surface area contributed by atoms with Crippen molar-refractivity contribution in [1.82, 2.24) is 0 Å².